The molecule has 310 valence electrons. The summed E-state index contributed by atoms with van der Waals surface area (Å²) in [5, 5.41) is 28.6. The Bertz CT molecular complexity index is 2310. The first-order chi connectivity index (χ1) is 28.0. The molecule has 5 aliphatic carbocycles. The quantitative estimate of drug-likeness (QED) is 0.189. The molecule has 3 aromatic rings. The predicted octanol–water partition coefficient (Wildman–Crippen LogP) is 5.06. The van der Waals surface area contributed by atoms with Crippen LogP contribution in [0.2, 0.25) is 0 Å². The number of nitrogens with one attached hydrogen (secondary N) is 1. The molecule has 1 amide bonds. The van der Waals surface area contributed by atoms with E-state index in [1.807, 2.05) is 18.2 Å². The van der Waals surface area contributed by atoms with E-state index in [1.165, 1.54) is 12.2 Å². The van der Waals surface area contributed by atoms with Crippen LogP contribution in [-0.4, -0.2) is 75.1 Å². The molecule has 0 radical (unpaired) electrons. The number of carbonyl (C=O) groups is 5. The Labute approximate surface area is 341 Å². The molecule has 59 heavy (non-hydrogen) atoms. The van der Waals surface area contributed by atoms with Crippen molar-refractivity contribution in [2.24, 2.45) is 46.2 Å². The van der Waals surface area contributed by atoms with Crippen molar-refractivity contribution in [1.82, 2.24) is 4.98 Å². The molecule has 0 saturated heterocycles. The molecule has 5 N–H and O–H groups in total. The number of hydrogen-bond donors (Lipinski definition) is 4. The summed E-state index contributed by atoms with van der Waals surface area (Å²) >= 11 is 0. The Hall–Kier alpha value is -5.11. The lowest BCUT2D eigenvalue weighted by atomic mass is 9.44. The number of aliphatic hydroxyl groups is 2. The van der Waals surface area contributed by atoms with E-state index in [1.54, 1.807) is 69.6 Å². The fraction of sp³-hybridized carbons (Fsp3) is 0.478. The number of halogens is 1. The average Bonchev–Trinajstić information content (AvgIpc) is 4.00. The zero-order chi connectivity index (χ0) is 42.1. The minimum atomic E-state index is -2.11. The number of aliphatic hydroxyl groups excluding tert-OH is 1. The zero-order valence-electron chi connectivity index (χ0n) is 33.4. The molecule has 8 rings (SSSR count). The number of carbonyl (C=O) groups excluding carboxylic acids is 5. The van der Waals surface area contributed by atoms with Gasteiger partial charge in [-0.2, -0.15) is 0 Å². The number of nitrogens with two attached hydrogens (primary N) is 1. The van der Waals surface area contributed by atoms with Crippen molar-refractivity contribution in [3.63, 3.8) is 0 Å². The van der Waals surface area contributed by atoms with Gasteiger partial charge in [-0.15, -0.1) is 0 Å². The number of ether oxygens (including phenoxy) is 2. The third-order valence-electron chi connectivity index (χ3n) is 14.6. The van der Waals surface area contributed by atoms with Gasteiger partial charge < -0.3 is 30.7 Å². The largest absolute Gasteiger partial charge is 0.461 e. The molecule has 4 fully saturated rings. The van der Waals surface area contributed by atoms with Crippen LogP contribution in [0.5, 0.6) is 0 Å². The highest BCUT2D eigenvalue weighted by Gasteiger charge is 2.75. The number of esters is 2. The molecule has 12 nitrogen and oxygen atoms in total. The number of pyridine rings is 1. The summed E-state index contributed by atoms with van der Waals surface area (Å²) in [6, 6.07) is 14.4. The number of aromatic nitrogens is 1. The van der Waals surface area contributed by atoms with Crippen LogP contribution in [0.1, 0.15) is 69.9 Å². The van der Waals surface area contributed by atoms with Crippen LogP contribution < -0.4 is 11.1 Å². The van der Waals surface area contributed by atoms with Crippen LogP contribution in [0.15, 0.2) is 84.7 Å². The first kappa shape index (κ1) is 40.7. The molecule has 11 atom stereocenters. The second kappa shape index (κ2) is 14.9. The smallest absolute Gasteiger partial charge is 0.310 e. The number of alkyl halides is 1. The molecule has 0 bridgehead atoms. The number of Topliss-reactive ketones (excluding diaryl/α,β-unsaturated/α-hetero) is 1. The van der Waals surface area contributed by atoms with Gasteiger partial charge in [-0.3, -0.25) is 29.0 Å². The fourth-order valence-corrected chi connectivity index (χ4v) is 11.2. The van der Waals surface area contributed by atoms with Crippen molar-refractivity contribution in [3.8, 4) is 0 Å². The monoisotopic (exact) mass is 807 g/mol. The Kier molecular flexibility index (Phi) is 10.2. The number of fused-ring (bicyclic) bond motifs is 6. The summed E-state index contributed by atoms with van der Waals surface area (Å²) in [6.45, 7) is 4.35. The number of hydrogen-bond acceptors (Lipinski definition) is 11. The Morgan fingerprint density at radius 1 is 1.02 bits per heavy atom. The van der Waals surface area contributed by atoms with Crippen molar-refractivity contribution in [2.45, 2.75) is 82.8 Å². The van der Waals surface area contributed by atoms with Crippen LogP contribution in [0.25, 0.3) is 10.8 Å². The molecule has 2 unspecified atom stereocenters. The number of amides is 1. The lowest BCUT2D eigenvalue weighted by Gasteiger charge is -2.62. The van der Waals surface area contributed by atoms with Crippen molar-refractivity contribution in [2.75, 3.05) is 18.5 Å². The van der Waals surface area contributed by atoms with Gasteiger partial charge in [0.2, 0.25) is 11.7 Å². The molecule has 1 aromatic heterocycles. The van der Waals surface area contributed by atoms with E-state index in [4.69, 9.17) is 15.2 Å². The van der Waals surface area contributed by atoms with Crippen LogP contribution in [0.3, 0.4) is 0 Å². The van der Waals surface area contributed by atoms with Gasteiger partial charge in [-0.1, -0.05) is 55.8 Å². The van der Waals surface area contributed by atoms with Gasteiger partial charge in [-0.05, 0) is 97.7 Å². The van der Waals surface area contributed by atoms with E-state index >= 15 is 4.39 Å². The van der Waals surface area contributed by atoms with Gasteiger partial charge in [0.15, 0.2) is 18.1 Å². The number of nitrogens with zero attached hydrogens (tertiary/aromatic N) is 1. The maximum Gasteiger partial charge on any atom is 0.310 e. The molecule has 4 saturated carbocycles. The number of ketones is 2. The van der Waals surface area contributed by atoms with E-state index in [0.29, 0.717) is 41.6 Å². The molecule has 2 aromatic carbocycles. The van der Waals surface area contributed by atoms with E-state index < -0.39 is 88.0 Å². The van der Waals surface area contributed by atoms with Crippen molar-refractivity contribution in [1.29, 1.82) is 0 Å². The molecule has 13 heteroatoms. The number of anilines is 1. The Morgan fingerprint density at radius 2 is 1.78 bits per heavy atom. The zero-order valence-corrected chi connectivity index (χ0v) is 33.4. The number of benzene rings is 2. The topological polar surface area (TPSA) is 195 Å². The molecule has 0 spiro atoms. The molecular formula is C46H50FN3O9. The van der Waals surface area contributed by atoms with Crippen molar-refractivity contribution >= 4 is 45.9 Å². The fourth-order valence-electron chi connectivity index (χ4n) is 11.2. The summed E-state index contributed by atoms with van der Waals surface area (Å²) < 4.78 is 28.5. The third-order valence-corrected chi connectivity index (χ3v) is 14.6. The number of allylic oxidation sites excluding steroid dienone is 4. The summed E-state index contributed by atoms with van der Waals surface area (Å²) in [7, 11) is 0. The van der Waals surface area contributed by atoms with Crippen molar-refractivity contribution in [3.05, 3.63) is 95.9 Å². The van der Waals surface area contributed by atoms with E-state index in [2.05, 4.69) is 10.3 Å². The van der Waals surface area contributed by atoms with Gasteiger partial charge in [-0.25, -0.2) is 4.39 Å². The number of rotatable bonds is 11. The molecule has 0 aliphatic heterocycles. The minimum Gasteiger partial charge on any atom is -0.461 e. The summed E-state index contributed by atoms with van der Waals surface area (Å²) in [4.78, 5) is 69.6. The normalized spacial score (nSPS) is 34.8. The van der Waals surface area contributed by atoms with E-state index in [0.717, 1.165) is 10.8 Å². The van der Waals surface area contributed by atoms with Gasteiger partial charge in [0.05, 0.1) is 23.9 Å². The first-order valence-corrected chi connectivity index (χ1v) is 20.4. The lowest BCUT2D eigenvalue weighted by molar-refractivity contribution is -0.220. The predicted molar refractivity (Wildman–Crippen MR) is 214 cm³/mol. The van der Waals surface area contributed by atoms with Crippen LogP contribution in [0.4, 0.5) is 10.1 Å². The van der Waals surface area contributed by atoms with E-state index in [-0.39, 0.29) is 37.7 Å². The average molecular weight is 808 g/mol. The highest BCUT2D eigenvalue weighted by atomic mass is 19.1. The SMILES string of the molecule is C[C@@H]1C[C@H]2[C@@H]3CCC4=CC(=O)C=C[C@]4(C)[C@@]3(F)[C@@H](O)C[C@]2(C)[C@@]1(O)C(=O)COC(=O)C1CC1C(=O)OCc1cccc([C@@H](CN)C(=O)Nc2ccc3cnccc3c2)c1. The third kappa shape index (κ3) is 6.52. The molecule has 1 heterocycles. The highest BCUT2D eigenvalue weighted by Crippen LogP contribution is 2.70. The van der Waals surface area contributed by atoms with E-state index in [9.17, 15) is 34.2 Å². The summed E-state index contributed by atoms with van der Waals surface area (Å²) in [5.74, 6) is -6.64. The minimum absolute atomic E-state index is 0.0395. The Morgan fingerprint density at radius 3 is 2.54 bits per heavy atom. The second-order valence-electron chi connectivity index (χ2n) is 17.7. The Balaban J connectivity index is 0.855. The van der Waals surface area contributed by atoms with Crippen molar-refractivity contribution < 1.29 is 48.0 Å². The van der Waals surface area contributed by atoms with Gasteiger partial charge >= 0.3 is 11.9 Å². The van der Waals surface area contributed by atoms with Gasteiger partial charge in [0, 0.05) is 46.8 Å². The highest BCUT2D eigenvalue weighted by molar-refractivity contribution is 6.01. The lowest BCUT2D eigenvalue weighted by Crippen LogP contribution is -2.69. The van der Waals surface area contributed by atoms with Crippen LogP contribution in [0, 0.1) is 40.4 Å². The molecule has 5 aliphatic rings. The first-order valence-electron chi connectivity index (χ1n) is 20.4. The summed E-state index contributed by atoms with van der Waals surface area (Å²) in [5.41, 5.74) is 2.02. The van der Waals surface area contributed by atoms with Gasteiger partial charge in [0.25, 0.3) is 0 Å². The summed E-state index contributed by atoms with van der Waals surface area (Å²) in [6.07, 6.45) is 7.37. The van der Waals surface area contributed by atoms with Crippen LogP contribution in [-0.2, 0) is 40.1 Å². The van der Waals surface area contributed by atoms with Gasteiger partial charge in [0.1, 0.15) is 12.2 Å². The second-order valence-corrected chi connectivity index (χ2v) is 17.7. The maximum atomic E-state index is 17.5. The van der Waals surface area contributed by atoms with Crippen LogP contribution >= 0.6 is 0 Å². The maximum absolute atomic E-state index is 17.5. The molecular weight excluding hydrogens is 758 g/mol. The standard InChI is InChI=1S/C46H50FN3O9/c1-25-15-37-36-10-8-30-18-32(51)11-13-43(30,2)45(36,47)38(52)20-44(37,3)46(25,57)39(53)24-59-42(56)34-19-33(34)41(55)58-23-26-5-4-6-28(16-26)35(21-48)40(54)50-31-9-7-29-22-49-14-12-27(29)17-31/h4-7,9,11-14,16-18,22,25,33-38,52,57H,8,10,15,19-21,23-24,48H2,1-3H3,(H,50,54)/t25-,33?,34?,35-,36+,37+,38+,43+,44+,45+,46+/m1/s1.